The molecule has 9 nitrogen and oxygen atoms in total. The van der Waals surface area contributed by atoms with Gasteiger partial charge in [-0.15, -0.1) is 11.3 Å². The number of nitrogens with one attached hydrogen (secondary N) is 1. The normalized spacial score (nSPS) is 15.8. The summed E-state index contributed by atoms with van der Waals surface area (Å²) in [5.74, 6) is 0.469. The van der Waals surface area contributed by atoms with Gasteiger partial charge in [0.1, 0.15) is 21.9 Å². The first kappa shape index (κ1) is 21.8. The fourth-order valence-corrected chi connectivity index (χ4v) is 6.55. The minimum atomic E-state index is -3.70. The highest BCUT2D eigenvalue weighted by Crippen LogP contribution is 2.31. The van der Waals surface area contributed by atoms with Gasteiger partial charge in [-0.1, -0.05) is 23.4 Å². The number of hydrogen-bond acceptors (Lipinski definition) is 8. The van der Waals surface area contributed by atoms with E-state index in [1.165, 1.54) is 15.6 Å². The van der Waals surface area contributed by atoms with Crippen LogP contribution in [0, 0.1) is 19.8 Å². The van der Waals surface area contributed by atoms with E-state index in [2.05, 4.69) is 15.5 Å². The van der Waals surface area contributed by atoms with E-state index in [1.807, 2.05) is 35.7 Å². The number of aromatic nitrogens is 2. The summed E-state index contributed by atoms with van der Waals surface area (Å²) in [5.41, 5.74) is 1.78. The van der Waals surface area contributed by atoms with E-state index in [0.717, 1.165) is 11.0 Å². The lowest BCUT2D eigenvalue weighted by Gasteiger charge is -2.30. The standard InChI is InChI=1S/C22H22N4O5S2/c1-13-20(14(2)31-25-13)33(28,29)26-9-7-15(8-10-26)21(27)24-22-23-17(12-32-22)19-11-16-5-3-4-6-18(16)30-19/h3-6,11-12,15H,7-10H2,1-2H3,(H,23,24,27). The van der Waals surface area contributed by atoms with Crippen LogP contribution in [0.25, 0.3) is 22.4 Å². The Hall–Kier alpha value is -3.02. The van der Waals surface area contributed by atoms with Crippen molar-refractivity contribution < 1.29 is 22.2 Å². The van der Waals surface area contributed by atoms with Gasteiger partial charge in [-0.2, -0.15) is 4.31 Å². The number of carbonyl (C=O) groups excluding carboxylic acids is 1. The maximum absolute atomic E-state index is 13.0. The van der Waals surface area contributed by atoms with Crippen LogP contribution in [0.5, 0.6) is 0 Å². The molecule has 33 heavy (non-hydrogen) atoms. The minimum Gasteiger partial charge on any atom is -0.454 e. The van der Waals surface area contributed by atoms with E-state index >= 15 is 0 Å². The number of amides is 1. The van der Waals surface area contributed by atoms with Gasteiger partial charge >= 0.3 is 0 Å². The summed E-state index contributed by atoms with van der Waals surface area (Å²) in [6, 6.07) is 9.64. The molecule has 1 saturated heterocycles. The molecule has 1 aliphatic rings. The molecule has 4 heterocycles. The van der Waals surface area contributed by atoms with Crippen molar-refractivity contribution in [3.05, 3.63) is 47.2 Å². The smallest absolute Gasteiger partial charge is 0.248 e. The Kier molecular flexibility index (Phi) is 5.55. The molecule has 1 amide bonds. The zero-order valence-electron chi connectivity index (χ0n) is 18.1. The number of sulfonamides is 1. The predicted molar refractivity (Wildman–Crippen MR) is 123 cm³/mol. The maximum Gasteiger partial charge on any atom is 0.248 e. The molecule has 0 radical (unpaired) electrons. The molecule has 1 N–H and O–H groups in total. The lowest BCUT2D eigenvalue weighted by atomic mass is 9.97. The number of para-hydroxylation sites is 1. The Balaban J connectivity index is 1.22. The van der Waals surface area contributed by atoms with Crippen LogP contribution in [0.3, 0.4) is 0 Å². The summed E-state index contributed by atoms with van der Waals surface area (Å²) in [6.07, 6.45) is 0.854. The van der Waals surface area contributed by atoms with Gasteiger partial charge in [-0.25, -0.2) is 13.4 Å². The van der Waals surface area contributed by atoms with Crippen LogP contribution < -0.4 is 5.32 Å². The first-order valence-corrected chi connectivity index (χ1v) is 12.8. The van der Waals surface area contributed by atoms with Gasteiger partial charge in [0, 0.05) is 29.8 Å². The van der Waals surface area contributed by atoms with E-state index < -0.39 is 10.0 Å². The number of hydrogen-bond donors (Lipinski definition) is 1. The van der Waals surface area contributed by atoms with Crippen molar-refractivity contribution in [1.82, 2.24) is 14.4 Å². The molecule has 0 bridgehead atoms. The molecule has 1 aromatic carbocycles. The Morgan fingerprint density at radius 2 is 1.97 bits per heavy atom. The second-order valence-corrected chi connectivity index (χ2v) is 10.7. The van der Waals surface area contributed by atoms with Crippen molar-refractivity contribution in [3.8, 4) is 11.5 Å². The van der Waals surface area contributed by atoms with Crippen LogP contribution in [0.2, 0.25) is 0 Å². The molecule has 1 aliphatic heterocycles. The maximum atomic E-state index is 13.0. The number of nitrogens with zero attached hydrogens (tertiary/aromatic N) is 3. The highest BCUT2D eigenvalue weighted by atomic mass is 32.2. The highest BCUT2D eigenvalue weighted by Gasteiger charge is 2.35. The summed E-state index contributed by atoms with van der Waals surface area (Å²) >= 11 is 1.33. The Morgan fingerprint density at radius 1 is 1.21 bits per heavy atom. The third-order valence-corrected chi connectivity index (χ3v) is 8.70. The van der Waals surface area contributed by atoms with Gasteiger partial charge in [0.25, 0.3) is 0 Å². The number of anilines is 1. The van der Waals surface area contributed by atoms with Gasteiger partial charge in [-0.05, 0) is 38.8 Å². The second-order valence-electron chi connectivity index (χ2n) is 8.01. The summed E-state index contributed by atoms with van der Waals surface area (Å²) < 4.78 is 38.2. The lowest BCUT2D eigenvalue weighted by Crippen LogP contribution is -2.41. The van der Waals surface area contributed by atoms with Gasteiger partial charge in [-0.3, -0.25) is 4.79 Å². The predicted octanol–water partition coefficient (Wildman–Crippen LogP) is 4.20. The Bertz CT molecular complexity index is 1380. The van der Waals surface area contributed by atoms with Crippen LogP contribution in [-0.4, -0.2) is 41.9 Å². The fourth-order valence-electron chi connectivity index (χ4n) is 4.09. The molecule has 3 aromatic heterocycles. The van der Waals surface area contributed by atoms with E-state index in [4.69, 9.17) is 8.94 Å². The summed E-state index contributed by atoms with van der Waals surface area (Å²) in [5, 5.41) is 9.93. The zero-order chi connectivity index (χ0) is 23.2. The Labute approximate surface area is 194 Å². The lowest BCUT2D eigenvalue weighted by molar-refractivity contribution is -0.120. The van der Waals surface area contributed by atoms with Crippen molar-refractivity contribution >= 4 is 43.4 Å². The van der Waals surface area contributed by atoms with E-state index in [0.29, 0.717) is 35.1 Å². The number of piperidine rings is 1. The molecule has 0 aliphatic carbocycles. The van der Waals surface area contributed by atoms with Crippen molar-refractivity contribution in [2.75, 3.05) is 18.4 Å². The number of benzene rings is 1. The SMILES string of the molecule is Cc1noc(C)c1S(=O)(=O)N1CCC(C(=O)Nc2nc(-c3cc4ccccc4o3)cs2)CC1. The molecule has 4 aromatic rings. The molecule has 1 fully saturated rings. The number of carbonyl (C=O) groups is 1. The third-order valence-electron chi connectivity index (χ3n) is 5.80. The summed E-state index contributed by atoms with van der Waals surface area (Å²) in [6.45, 7) is 3.71. The van der Waals surface area contributed by atoms with Crippen LogP contribution in [0.4, 0.5) is 5.13 Å². The average molecular weight is 487 g/mol. The number of thiazole rings is 1. The largest absolute Gasteiger partial charge is 0.454 e. The zero-order valence-corrected chi connectivity index (χ0v) is 19.7. The molecule has 5 rings (SSSR count). The second kappa shape index (κ2) is 8.40. The molecule has 0 spiro atoms. The van der Waals surface area contributed by atoms with Gasteiger partial charge in [0.2, 0.25) is 15.9 Å². The van der Waals surface area contributed by atoms with Crippen molar-refractivity contribution in [1.29, 1.82) is 0 Å². The van der Waals surface area contributed by atoms with Crippen LogP contribution >= 0.6 is 11.3 Å². The number of fused-ring (bicyclic) bond motifs is 1. The molecule has 0 atom stereocenters. The van der Waals surface area contributed by atoms with E-state index in [-0.39, 0.29) is 35.6 Å². The quantitative estimate of drug-likeness (QED) is 0.449. The molecule has 0 unspecified atom stereocenters. The topological polar surface area (TPSA) is 119 Å². The molecular weight excluding hydrogens is 464 g/mol. The average Bonchev–Trinajstić information content (AvgIpc) is 3.52. The molecular formula is C22H22N4O5S2. The van der Waals surface area contributed by atoms with Crippen molar-refractivity contribution in [3.63, 3.8) is 0 Å². The number of aryl methyl sites for hydroxylation is 2. The van der Waals surface area contributed by atoms with Gasteiger partial charge < -0.3 is 14.3 Å². The van der Waals surface area contributed by atoms with Crippen LogP contribution in [-0.2, 0) is 14.8 Å². The first-order chi connectivity index (χ1) is 15.8. The third kappa shape index (κ3) is 4.07. The molecule has 11 heteroatoms. The monoisotopic (exact) mass is 486 g/mol. The van der Waals surface area contributed by atoms with Crippen LogP contribution in [0.15, 0.2) is 49.5 Å². The first-order valence-electron chi connectivity index (χ1n) is 10.5. The van der Waals surface area contributed by atoms with Gasteiger partial charge in [0.05, 0.1) is 0 Å². The molecule has 0 saturated carbocycles. The fraction of sp³-hybridized carbons (Fsp3) is 0.318. The molecule has 172 valence electrons. The van der Waals surface area contributed by atoms with E-state index in [1.54, 1.807) is 13.8 Å². The van der Waals surface area contributed by atoms with Gasteiger partial charge in [0.15, 0.2) is 16.7 Å². The Morgan fingerprint density at radius 3 is 2.67 bits per heavy atom. The van der Waals surface area contributed by atoms with Crippen LogP contribution in [0.1, 0.15) is 24.3 Å². The minimum absolute atomic E-state index is 0.117. The van der Waals surface area contributed by atoms with E-state index in [9.17, 15) is 13.2 Å². The number of rotatable bonds is 5. The van der Waals surface area contributed by atoms with Crippen molar-refractivity contribution in [2.24, 2.45) is 5.92 Å². The number of furan rings is 1. The van der Waals surface area contributed by atoms with Crippen molar-refractivity contribution in [2.45, 2.75) is 31.6 Å². The summed E-state index contributed by atoms with van der Waals surface area (Å²) in [7, 11) is -3.70. The highest BCUT2D eigenvalue weighted by molar-refractivity contribution is 7.89. The summed E-state index contributed by atoms with van der Waals surface area (Å²) in [4.78, 5) is 17.4.